The van der Waals surface area contributed by atoms with Gasteiger partial charge in [0.05, 0.1) is 16.6 Å². The van der Waals surface area contributed by atoms with Crippen molar-refractivity contribution < 1.29 is 28.4 Å². The van der Waals surface area contributed by atoms with Gasteiger partial charge in [0.25, 0.3) is 5.69 Å². The summed E-state index contributed by atoms with van der Waals surface area (Å²) in [6.07, 6.45) is 1.34. The third-order valence-electron chi connectivity index (χ3n) is 4.73. The Bertz CT molecular complexity index is 1340. The Hall–Kier alpha value is -4.37. The van der Waals surface area contributed by atoms with Gasteiger partial charge >= 0.3 is 5.97 Å². The molecule has 0 saturated heterocycles. The lowest BCUT2D eigenvalue weighted by Gasteiger charge is -2.08. The number of hydrogen-bond donors (Lipinski definition) is 1. The molecule has 1 aliphatic rings. The number of nitro benzene ring substituents is 1. The van der Waals surface area contributed by atoms with Crippen LogP contribution in [0.5, 0.6) is 0 Å². The van der Waals surface area contributed by atoms with E-state index in [0.717, 1.165) is 0 Å². The molecule has 0 atom stereocenters. The molecule has 0 spiro atoms. The lowest BCUT2D eigenvalue weighted by Crippen LogP contribution is -2.16. The molecule has 1 aromatic heterocycles. The van der Waals surface area contributed by atoms with Crippen LogP contribution >= 0.6 is 11.6 Å². The van der Waals surface area contributed by atoms with E-state index in [9.17, 15) is 19.7 Å². The predicted molar refractivity (Wildman–Crippen MR) is 124 cm³/mol. The fraction of sp³-hybridized carbons (Fsp3) is 0.0833. The van der Waals surface area contributed by atoms with Crippen LogP contribution in [0.3, 0.4) is 0 Å². The van der Waals surface area contributed by atoms with E-state index in [1.54, 1.807) is 43.3 Å². The zero-order valence-electron chi connectivity index (χ0n) is 17.7. The van der Waals surface area contributed by atoms with Gasteiger partial charge in [-0.05, 0) is 37.3 Å². The fourth-order valence-electron chi connectivity index (χ4n) is 3.18. The van der Waals surface area contributed by atoms with Crippen molar-refractivity contribution in [1.82, 2.24) is 0 Å². The van der Waals surface area contributed by atoms with Crippen molar-refractivity contribution >= 4 is 40.8 Å². The van der Waals surface area contributed by atoms with Gasteiger partial charge in [-0.3, -0.25) is 14.9 Å². The van der Waals surface area contributed by atoms with Crippen LogP contribution < -0.4 is 5.32 Å². The number of nitrogens with one attached hydrogen (secondary N) is 1. The molecular formula is C24H17ClN2O7. The number of ether oxygens (including phenoxy) is 2. The third kappa shape index (κ3) is 4.69. The number of benzene rings is 2. The van der Waals surface area contributed by atoms with Crippen molar-refractivity contribution in [3.63, 3.8) is 0 Å². The molecule has 0 amide bonds. The summed E-state index contributed by atoms with van der Waals surface area (Å²) in [5, 5.41) is 14.0. The molecule has 34 heavy (non-hydrogen) atoms. The molecule has 0 fully saturated rings. The number of nitro groups is 1. The molecule has 0 aliphatic carbocycles. The minimum Gasteiger partial charge on any atom is -0.462 e. The average molecular weight is 481 g/mol. The van der Waals surface area contributed by atoms with Crippen molar-refractivity contribution in [2.24, 2.45) is 0 Å². The maximum atomic E-state index is 12.9. The van der Waals surface area contributed by atoms with Crippen molar-refractivity contribution in [3.05, 3.63) is 98.8 Å². The summed E-state index contributed by atoms with van der Waals surface area (Å²) in [4.78, 5) is 35.7. The van der Waals surface area contributed by atoms with E-state index in [0.29, 0.717) is 17.0 Å². The lowest BCUT2D eigenvalue weighted by molar-refractivity contribution is -0.384. The Balaban J connectivity index is 1.62. The van der Waals surface area contributed by atoms with E-state index >= 15 is 0 Å². The highest BCUT2D eigenvalue weighted by atomic mass is 35.5. The molecule has 0 radical (unpaired) electrons. The molecule has 10 heteroatoms. The van der Waals surface area contributed by atoms with Crippen molar-refractivity contribution in [2.45, 2.75) is 6.92 Å². The predicted octanol–water partition coefficient (Wildman–Crippen LogP) is 5.34. The van der Waals surface area contributed by atoms with Gasteiger partial charge in [-0.1, -0.05) is 29.8 Å². The standard InChI is InChI=1S/C24H17ClN2O7/c1-2-32-24(29)21-22(28)20(34-23(21)26-14-6-4-3-5-7-14)13-16-9-11-19(33-16)17-10-8-15(27(30)31)12-18(17)25/h3-13,26H,2H2,1H3/b20-13-. The number of carbonyl (C=O) groups is 2. The van der Waals surface area contributed by atoms with Crippen LogP contribution in [0, 0.1) is 10.1 Å². The second-order valence-electron chi connectivity index (χ2n) is 6.98. The van der Waals surface area contributed by atoms with E-state index < -0.39 is 16.7 Å². The number of carbonyl (C=O) groups excluding carboxylic acids is 2. The Morgan fingerprint density at radius 2 is 1.94 bits per heavy atom. The van der Waals surface area contributed by atoms with Gasteiger partial charge in [0.2, 0.25) is 11.7 Å². The summed E-state index contributed by atoms with van der Waals surface area (Å²) < 4.78 is 16.4. The van der Waals surface area contributed by atoms with Crippen LogP contribution in [0.1, 0.15) is 12.7 Å². The van der Waals surface area contributed by atoms with E-state index in [1.807, 2.05) is 6.07 Å². The number of Topliss-reactive ketones (excluding diaryl/α,β-unsaturated/α-hetero) is 1. The second-order valence-corrected chi connectivity index (χ2v) is 7.39. The van der Waals surface area contributed by atoms with Gasteiger partial charge in [-0.15, -0.1) is 0 Å². The topological polar surface area (TPSA) is 121 Å². The number of nitrogens with zero attached hydrogens (tertiary/aromatic N) is 1. The summed E-state index contributed by atoms with van der Waals surface area (Å²) in [5.41, 5.74) is 0.638. The van der Waals surface area contributed by atoms with Gasteiger partial charge in [0.15, 0.2) is 11.3 Å². The number of allylic oxidation sites excluding steroid dienone is 1. The molecule has 4 rings (SSSR count). The molecule has 0 saturated carbocycles. The Labute approximate surface area is 198 Å². The number of esters is 1. The zero-order valence-corrected chi connectivity index (χ0v) is 18.5. The maximum absolute atomic E-state index is 12.9. The average Bonchev–Trinajstić information content (AvgIpc) is 3.39. The summed E-state index contributed by atoms with van der Waals surface area (Å²) in [7, 11) is 0. The Morgan fingerprint density at radius 3 is 2.62 bits per heavy atom. The molecule has 3 aromatic rings. The van der Waals surface area contributed by atoms with E-state index in [2.05, 4.69) is 5.32 Å². The highest BCUT2D eigenvalue weighted by Crippen LogP contribution is 2.34. The van der Waals surface area contributed by atoms with Gasteiger partial charge in [0, 0.05) is 29.5 Å². The van der Waals surface area contributed by atoms with Crippen LogP contribution in [0.15, 0.2) is 82.3 Å². The number of non-ortho nitro benzene ring substituents is 1. The Kier molecular flexibility index (Phi) is 6.46. The molecule has 2 heterocycles. The number of rotatable bonds is 7. The number of ketones is 1. The number of halogens is 1. The fourth-order valence-corrected chi connectivity index (χ4v) is 3.45. The first kappa shape index (κ1) is 22.8. The maximum Gasteiger partial charge on any atom is 0.347 e. The van der Waals surface area contributed by atoms with Gasteiger partial charge in [-0.2, -0.15) is 0 Å². The van der Waals surface area contributed by atoms with Gasteiger partial charge in [-0.25, -0.2) is 4.79 Å². The highest BCUT2D eigenvalue weighted by Gasteiger charge is 2.37. The summed E-state index contributed by atoms with van der Waals surface area (Å²) >= 11 is 6.17. The number of anilines is 1. The first-order valence-electron chi connectivity index (χ1n) is 10.1. The second kappa shape index (κ2) is 9.63. The van der Waals surface area contributed by atoms with Gasteiger partial charge in [0.1, 0.15) is 11.5 Å². The number of hydrogen-bond acceptors (Lipinski definition) is 8. The molecule has 2 aromatic carbocycles. The molecule has 9 nitrogen and oxygen atoms in total. The van der Waals surface area contributed by atoms with Crippen LogP contribution in [0.4, 0.5) is 11.4 Å². The van der Waals surface area contributed by atoms with E-state index in [-0.39, 0.29) is 40.3 Å². The van der Waals surface area contributed by atoms with E-state index in [4.69, 9.17) is 25.5 Å². The minimum atomic E-state index is -0.813. The SMILES string of the molecule is CCOC(=O)C1=C(Nc2ccccc2)O/C(=C\c2ccc(-c3ccc([N+](=O)[O-])cc3Cl)o2)C1=O. The smallest absolute Gasteiger partial charge is 0.347 e. The first-order chi connectivity index (χ1) is 16.4. The van der Waals surface area contributed by atoms with Crippen molar-refractivity contribution in [1.29, 1.82) is 0 Å². The van der Waals surface area contributed by atoms with Crippen LogP contribution in [-0.2, 0) is 19.1 Å². The molecule has 0 unspecified atom stereocenters. The van der Waals surface area contributed by atoms with Crippen LogP contribution in [0.2, 0.25) is 5.02 Å². The van der Waals surface area contributed by atoms with Crippen LogP contribution in [0.25, 0.3) is 17.4 Å². The lowest BCUT2D eigenvalue weighted by atomic mass is 10.1. The quantitative estimate of drug-likeness (QED) is 0.158. The highest BCUT2D eigenvalue weighted by molar-refractivity contribution is 6.33. The minimum absolute atomic E-state index is 0.0499. The molecular weight excluding hydrogens is 464 g/mol. The van der Waals surface area contributed by atoms with E-state index in [1.165, 1.54) is 24.3 Å². The summed E-state index contributed by atoms with van der Waals surface area (Å²) in [6.45, 7) is 1.72. The monoisotopic (exact) mass is 480 g/mol. The van der Waals surface area contributed by atoms with Gasteiger partial charge < -0.3 is 19.2 Å². The third-order valence-corrected chi connectivity index (χ3v) is 5.04. The number of para-hydroxylation sites is 1. The molecule has 172 valence electrons. The largest absolute Gasteiger partial charge is 0.462 e. The summed E-state index contributed by atoms with van der Waals surface area (Å²) in [5.74, 6) is -1.09. The normalized spacial score (nSPS) is 14.3. The molecule has 1 N–H and O–H groups in total. The Morgan fingerprint density at radius 1 is 1.18 bits per heavy atom. The van der Waals surface area contributed by atoms with Crippen molar-refractivity contribution in [3.8, 4) is 11.3 Å². The zero-order chi connectivity index (χ0) is 24.2. The van der Waals surface area contributed by atoms with Crippen molar-refractivity contribution in [2.75, 3.05) is 11.9 Å². The first-order valence-corrected chi connectivity index (χ1v) is 10.5. The van der Waals surface area contributed by atoms with Crippen LogP contribution in [-0.4, -0.2) is 23.3 Å². The summed E-state index contributed by atoms with van der Waals surface area (Å²) in [6, 6.07) is 16.1. The number of furan rings is 1. The molecule has 1 aliphatic heterocycles. The molecule has 0 bridgehead atoms.